The van der Waals surface area contributed by atoms with Crippen molar-refractivity contribution in [2.24, 2.45) is 5.92 Å². The fourth-order valence-electron chi connectivity index (χ4n) is 3.26. The number of ether oxygens (including phenoxy) is 1. The van der Waals surface area contributed by atoms with Crippen molar-refractivity contribution in [3.05, 3.63) is 44.6 Å². The van der Waals surface area contributed by atoms with Crippen LogP contribution < -0.4 is 10.9 Å². The molecule has 0 radical (unpaired) electrons. The Kier molecular flexibility index (Phi) is 4.33. The minimum atomic E-state index is -0.231. The smallest absolute Gasteiger partial charge is 0.262 e. The van der Waals surface area contributed by atoms with Crippen LogP contribution in [0.1, 0.15) is 26.7 Å². The number of aromatic amines is 1. The third kappa shape index (κ3) is 3.04. The summed E-state index contributed by atoms with van der Waals surface area (Å²) in [6.45, 7) is 4.64. The highest BCUT2D eigenvalue weighted by Crippen LogP contribution is 2.27. The summed E-state index contributed by atoms with van der Waals surface area (Å²) < 4.78 is 10.8. The molecule has 1 amide bonds. The van der Waals surface area contributed by atoms with Crippen LogP contribution in [0.5, 0.6) is 0 Å². The Bertz CT molecular complexity index is 1020. The molecule has 1 aliphatic heterocycles. The molecular weight excluding hydrogens is 356 g/mol. The van der Waals surface area contributed by atoms with Gasteiger partial charge in [-0.25, -0.2) is 4.98 Å². The van der Waals surface area contributed by atoms with E-state index < -0.39 is 0 Å². The lowest BCUT2D eigenvalue weighted by molar-refractivity contribution is 0.0928. The SMILES string of the molecule is Cc1cc(C[C@H]2COC[C@H]2NC(=O)c2sc3nc[nH]c(=O)c3c2C)on1. The van der Waals surface area contributed by atoms with Crippen molar-refractivity contribution < 1.29 is 14.1 Å². The summed E-state index contributed by atoms with van der Waals surface area (Å²) in [4.78, 5) is 32.5. The van der Waals surface area contributed by atoms with Gasteiger partial charge >= 0.3 is 0 Å². The highest BCUT2D eigenvalue weighted by molar-refractivity contribution is 7.20. The lowest BCUT2D eigenvalue weighted by Crippen LogP contribution is -2.40. The van der Waals surface area contributed by atoms with Gasteiger partial charge in [-0.2, -0.15) is 0 Å². The van der Waals surface area contributed by atoms with Crippen LogP contribution in [-0.2, 0) is 11.2 Å². The number of carbonyl (C=O) groups is 1. The van der Waals surface area contributed by atoms with E-state index in [9.17, 15) is 9.59 Å². The number of nitrogens with one attached hydrogen (secondary N) is 2. The van der Waals surface area contributed by atoms with E-state index in [0.29, 0.717) is 40.3 Å². The van der Waals surface area contributed by atoms with Crippen molar-refractivity contribution in [2.75, 3.05) is 13.2 Å². The number of aryl methyl sites for hydroxylation is 2. The number of thiophene rings is 1. The molecule has 0 aliphatic carbocycles. The van der Waals surface area contributed by atoms with E-state index in [2.05, 4.69) is 20.4 Å². The largest absolute Gasteiger partial charge is 0.379 e. The predicted octanol–water partition coefficient (Wildman–Crippen LogP) is 1.58. The van der Waals surface area contributed by atoms with E-state index in [1.807, 2.05) is 13.0 Å². The Balaban J connectivity index is 1.53. The predicted molar refractivity (Wildman–Crippen MR) is 95.5 cm³/mol. The number of amides is 1. The lowest BCUT2D eigenvalue weighted by Gasteiger charge is -2.17. The molecule has 4 heterocycles. The van der Waals surface area contributed by atoms with Crippen LogP contribution in [0.2, 0.25) is 0 Å². The van der Waals surface area contributed by atoms with E-state index in [0.717, 1.165) is 11.5 Å². The maximum atomic E-state index is 12.8. The molecule has 2 N–H and O–H groups in total. The summed E-state index contributed by atoms with van der Waals surface area (Å²) in [5.74, 6) is 0.688. The molecular formula is C17H18N4O4S. The molecule has 0 aromatic carbocycles. The van der Waals surface area contributed by atoms with Gasteiger partial charge in [0.25, 0.3) is 11.5 Å². The number of hydrogen-bond acceptors (Lipinski definition) is 7. The van der Waals surface area contributed by atoms with Crippen molar-refractivity contribution in [1.82, 2.24) is 20.4 Å². The van der Waals surface area contributed by atoms with Crippen molar-refractivity contribution >= 4 is 27.5 Å². The Morgan fingerprint density at radius 1 is 1.42 bits per heavy atom. The van der Waals surface area contributed by atoms with Gasteiger partial charge in [-0.3, -0.25) is 9.59 Å². The Hall–Kier alpha value is -2.52. The number of nitrogens with zero attached hydrogens (tertiary/aromatic N) is 2. The second kappa shape index (κ2) is 6.65. The first-order chi connectivity index (χ1) is 12.5. The number of fused-ring (bicyclic) bond motifs is 1. The highest BCUT2D eigenvalue weighted by Gasteiger charge is 2.32. The quantitative estimate of drug-likeness (QED) is 0.717. The molecule has 1 fully saturated rings. The number of aromatic nitrogens is 3. The topological polar surface area (TPSA) is 110 Å². The number of H-pyrrole nitrogens is 1. The second-order valence-electron chi connectivity index (χ2n) is 6.48. The van der Waals surface area contributed by atoms with Crippen LogP contribution in [0, 0.1) is 19.8 Å². The normalized spacial score (nSPS) is 19.9. The van der Waals surface area contributed by atoms with Crippen molar-refractivity contribution in [2.45, 2.75) is 26.3 Å². The van der Waals surface area contributed by atoms with Crippen LogP contribution >= 0.6 is 11.3 Å². The van der Waals surface area contributed by atoms with Gasteiger partial charge in [0.05, 0.1) is 41.5 Å². The molecule has 1 saturated heterocycles. The summed E-state index contributed by atoms with van der Waals surface area (Å²) in [5, 5.41) is 7.40. The third-order valence-electron chi connectivity index (χ3n) is 4.59. The molecule has 26 heavy (non-hydrogen) atoms. The second-order valence-corrected chi connectivity index (χ2v) is 7.48. The molecule has 136 valence electrons. The van der Waals surface area contributed by atoms with Gasteiger partial charge in [0.2, 0.25) is 0 Å². The van der Waals surface area contributed by atoms with Gasteiger partial charge in [0.1, 0.15) is 10.6 Å². The monoisotopic (exact) mass is 374 g/mol. The molecule has 4 rings (SSSR count). The summed E-state index contributed by atoms with van der Waals surface area (Å²) in [7, 11) is 0. The Labute approximate surface area is 152 Å². The minimum absolute atomic E-state index is 0.113. The minimum Gasteiger partial charge on any atom is -0.379 e. The third-order valence-corrected chi connectivity index (χ3v) is 5.79. The molecule has 9 heteroatoms. The fourth-order valence-corrected chi connectivity index (χ4v) is 4.31. The summed E-state index contributed by atoms with van der Waals surface area (Å²) in [6.07, 6.45) is 2.00. The van der Waals surface area contributed by atoms with Crippen LogP contribution in [-0.4, -0.2) is 40.3 Å². The number of hydrogen-bond donors (Lipinski definition) is 2. The number of carbonyl (C=O) groups excluding carboxylic acids is 1. The maximum absolute atomic E-state index is 12.8. The standard InChI is InChI=1S/C17H18N4O4S/c1-8-3-11(25-21-8)4-10-5-24-6-12(10)20-16(23)14-9(2)13-15(22)18-7-19-17(13)26-14/h3,7,10,12H,4-6H2,1-2H3,(H,20,23)(H,18,19,22)/t10-,12+/m0/s1. The van der Waals surface area contributed by atoms with Gasteiger partial charge in [0.15, 0.2) is 0 Å². The molecule has 0 saturated carbocycles. The Morgan fingerprint density at radius 2 is 2.27 bits per heavy atom. The molecule has 0 bridgehead atoms. The average molecular weight is 374 g/mol. The summed E-state index contributed by atoms with van der Waals surface area (Å²) in [5.41, 5.74) is 1.25. The molecule has 2 atom stereocenters. The van der Waals surface area contributed by atoms with Gasteiger partial charge in [-0.05, 0) is 19.4 Å². The maximum Gasteiger partial charge on any atom is 0.262 e. The molecule has 3 aromatic rings. The van der Waals surface area contributed by atoms with E-state index in [1.165, 1.54) is 17.7 Å². The Morgan fingerprint density at radius 3 is 3.00 bits per heavy atom. The van der Waals surface area contributed by atoms with Crippen molar-refractivity contribution in [3.63, 3.8) is 0 Å². The zero-order valence-electron chi connectivity index (χ0n) is 14.4. The molecule has 8 nitrogen and oxygen atoms in total. The van der Waals surface area contributed by atoms with E-state index >= 15 is 0 Å². The highest BCUT2D eigenvalue weighted by atomic mass is 32.1. The zero-order valence-corrected chi connectivity index (χ0v) is 15.2. The average Bonchev–Trinajstić information content (AvgIpc) is 3.29. The van der Waals surface area contributed by atoms with E-state index in [1.54, 1.807) is 6.92 Å². The number of rotatable bonds is 4. The molecule has 0 unspecified atom stereocenters. The lowest BCUT2D eigenvalue weighted by atomic mass is 9.98. The van der Waals surface area contributed by atoms with Gasteiger partial charge < -0.3 is 19.6 Å². The molecule has 0 spiro atoms. The fraction of sp³-hybridized carbons (Fsp3) is 0.412. The van der Waals surface area contributed by atoms with E-state index in [-0.39, 0.29) is 23.4 Å². The van der Waals surface area contributed by atoms with E-state index in [4.69, 9.17) is 9.26 Å². The zero-order chi connectivity index (χ0) is 18.3. The summed E-state index contributed by atoms with van der Waals surface area (Å²) >= 11 is 1.23. The first-order valence-corrected chi connectivity index (χ1v) is 9.12. The van der Waals surface area contributed by atoms with Crippen LogP contribution in [0.3, 0.4) is 0 Å². The van der Waals surface area contributed by atoms with Gasteiger partial charge in [-0.15, -0.1) is 11.3 Å². The van der Waals surface area contributed by atoms with Crippen LogP contribution in [0.4, 0.5) is 0 Å². The first kappa shape index (κ1) is 16.9. The van der Waals surface area contributed by atoms with Gasteiger partial charge in [0, 0.05) is 18.4 Å². The first-order valence-electron chi connectivity index (χ1n) is 8.30. The van der Waals surface area contributed by atoms with Crippen LogP contribution in [0.15, 0.2) is 21.7 Å². The molecule has 1 aliphatic rings. The van der Waals surface area contributed by atoms with Crippen molar-refractivity contribution in [1.29, 1.82) is 0 Å². The van der Waals surface area contributed by atoms with Crippen LogP contribution in [0.25, 0.3) is 10.2 Å². The van der Waals surface area contributed by atoms with Crippen molar-refractivity contribution in [3.8, 4) is 0 Å². The molecule has 3 aromatic heterocycles. The summed E-state index contributed by atoms with van der Waals surface area (Å²) in [6, 6.07) is 1.77. The van der Waals surface area contributed by atoms with Gasteiger partial charge in [-0.1, -0.05) is 5.16 Å².